The molecule has 0 aliphatic heterocycles. The van der Waals surface area contributed by atoms with Crippen LogP contribution in [0.15, 0.2) is 12.4 Å². The summed E-state index contributed by atoms with van der Waals surface area (Å²) in [5.74, 6) is 0.739. The van der Waals surface area contributed by atoms with Crippen LogP contribution in [0.25, 0.3) is 0 Å². The highest BCUT2D eigenvalue weighted by Gasteiger charge is 2.23. The Hall–Kier alpha value is -1.45. The van der Waals surface area contributed by atoms with Crippen molar-refractivity contribution in [3.8, 4) is 5.88 Å². The fourth-order valence-corrected chi connectivity index (χ4v) is 2.16. The third-order valence-electron chi connectivity index (χ3n) is 3.08. The van der Waals surface area contributed by atoms with E-state index in [1.54, 1.807) is 6.07 Å². The molecule has 4 heteroatoms. The molecule has 0 atom stereocenters. The van der Waals surface area contributed by atoms with Crippen LogP contribution in [0.1, 0.15) is 42.6 Å². The summed E-state index contributed by atoms with van der Waals surface area (Å²) < 4.78 is 4.99. The molecule has 0 amide bonds. The largest absolute Gasteiger partial charge is 0.481 e. The van der Waals surface area contributed by atoms with Gasteiger partial charge in [-0.05, 0) is 12.8 Å². The molecular weight excluding hydrogens is 204 g/mol. The Kier molecular flexibility index (Phi) is 3.49. The Bertz CT molecular complexity index is 373. The molecule has 1 fully saturated rings. The number of Topliss-reactive ketones (excluding diaryl/α,β-unsaturated/α-hetero) is 1. The first-order valence-electron chi connectivity index (χ1n) is 5.71. The Morgan fingerprint density at radius 2 is 2.06 bits per heavy atom. The van der Waals surface area contributed by atoms with Crippen LogP contribution in [0.2, 0.25) is 0 Å². The van der Waals surface area contributed by atoms with Gasteiger partial charge in [0.2, 0.25) is 5.88 Å². The summed E-state index contributed by atoms with van der Waals surface area (Å²) in [5, 5.41) is 0. The van der Waals surface area contributed by atoms with Crippen molar-refractivity contribution in [1.29, 1.82) is 0 Å². The lowest BCUT2D eigenvalue weighted by molar-refractivity contribution is 0.0883. The molecule has 1 aliphatic rings. The number of ether oxygens (including phenoxy) is 1. The highest BCUT2D eigenvalue weighted by molar-refractivity contribution is 5.96. The summed E-state index contributed by atoms with van der Waals surface area (Å²) in [5.41, 5.74) is 0.485. The molecule has 0 unspecified atom stereocenters. The van der Waals surface area contributed by atoms with Gasteiger partial charge in [0.25, 0.3) is 0 Å². The predicted molar refractivity (Wildman–Crippen MR) is 59.5 cm³/mol. The normalized spacial score (nSPS) is 17.1. The Labute approximate surface area is 95.1 Å². The molecule has 0 radical (unpaired) electrons. The molecule has 0 spiro atoms. The van der Waals surface area contributed by atoms with Crippen LogP contribution < -0.4 is 4.74 Å². The molecule has 1 aromatic heterocycles. The van der Waals surface area contributed by atoms with E-state index in [0.29, 0.717) is 11.6 Å². The molecule has 16 heavy (non-hydrogen) atoms. The SMILES string of the molecule is COc1cc(C(=O)C2CCCCC2)ncn1. The van der Waals surface area contributed by atoms with Crippen molar-refractivity contribution in [3.63, 3.8) is 0 Å². The van der Waals surface area contributed by atoms with E-state index in [9.17, 15) is 4.79 Å². The van der Waals surface area contributed by atoms with Crippen molar-refractivity contribution < 1.29 is 9.53 Å². The van der Waals surface area contributed by atoms with Crippen molar-refractivity contribution in [2.24, 2.45) is 5.92 Å². The summed E-state index contributed by atoms with van der Waals surface area (Å²) in [6.45, 7) is 0. The number of carbonyl (C=O) groups excluding carboxylic acids is 1. The van der Waals surface area contributed by atoms with Crippen LogP contribution >= 0.6 is 0 Å². The average molecular weight is 220 g/mol. The number of nitrogens with zero attached hydrogens (tertiary/aromatic N) is 2. The molecule has 0 aromatic carbocycles. The fraction of sp³-hybridized carbons (Fsp3) is 0.583. The van der Waals surface area contributed by atoms with E-state index in [1.807, 2.05) is 0 Å². The number of carbonyl (C=O) groups is 1. The summed E-state index contributed by atoms with van der Waals surface area (Å²) >= 11 is 0. The van der Waals surface area contributed by atoms with E-state index in [-0.39, 0.29) is 11.7 Å². The van der Waals surface area contributed by atoms with Gasteiger partial charge >= 0.3 is 0 Å². The van der Waals surface area contributed by atoms with Gasteiger partial charge in [-0.1, -0.05) is 19.3 Å². The third-order valence-corrected chi connectivity index (χ3v) is 3.08. The summed E-state index contributed by atoms with van der Waals surface area (Å²) in [4.78, 5) is 20.0. The number of ketones is 1. The van der Waals surface area contributed by atoms with Gasteiger partial charge in [0.1, 0.15) is 12.0 Å². The highest BCUT2D eigenvalue weighted by Crippen LogP contribution is 2.26. The van der Waals surface area contributed by atoms with E-state index < -0.39 is 0 Å². The van der Waals surface area contributed by atoms with Gasteiger partial charge in [-0.3, -0.25) is 4.79 Å². The second-order valence-corrected chi connectivity index (χ2v) is 4.14. The minimum absolute atomic E-state index is 0.139. The average Bonchev–Trinajstić information content (AvgIpc) is 2.39. The van der Waals surface area contributed by atoms with Gasteiger partial charge in [0, 0.05) is 12.0 Å². The van der Waals surface area contributed by atoms with E-state index in [2.05, 4.69) is 9.97 Å². The number of hydrogen-bond donors (Lipinski definition) is 0. The maximum absolute atomic E-state index is 12.1. The van der Waals surface area contributed by atoms with Crippen molar-refractivity contribution >= 4 is 5.78 Å². The molecule has 86 valence electrons. The minimum atomic E-state index is 0.139. The molecular formula is C12H16N2O2. The lowest BCUT2D eigenvalue weighted by Gasteiger charge is -2.19. The van der Waals surface area contributed by atoms with Gasteiger partial charge in [-0.25, -0.2) is 9.97 Å². The Morgan fingerprint density at radius 3 is 2.75 bits per heavy atom. The Balaban J connectivity index is 2.12. The minimum Gasteiger partial charge on any atom is -0.481 e. The number of aromatic nitrogens is 2. The molecule has 4 nitrogen and oxygen atoms in total. The van der Waals surface area contributed by atoms with Crippen LogP contribution in [0.4, 0.5) is 0 Å². The lowest BCUT2D eigenvalue weighted by Crippen LogP contribution is -2.19. The Morgan fingerprint density at radius 1 is 1.31 bits per heavy atom. The number of hydrogen-bond acceptors (Lipinski definition) is 4. The van der Waals surface area contributed by atoms with Crippen molar-refractivity contribution in [1.82, 2.24) is 9.97 Å². The van der Waals surface area contributed by atoms with Crippen LogP contribution in [0.3, 0.4) is 0 Å². The van der Waals surface area contributed by atoms with Crippen LogP contribution in [-0.4, -0.2) is 22.9 Å². The lowest BCUT2D eigenvalue weighted by atomic mass is 9.85. The zero-order valence-corrected chi connectivity index (χ0v) is 9.48. The maximum atomic E-state index is 12.1. The summed E-state index contributed by atoms with van der Waals surface area (Å²) in [6, 6.07) is 1.62. The summed E-state index contributed by atoms with van der Waals surface area (Å²) in [6.07, 6.45) is 6.92. The molecule has 1 aromatic rings. The predicted octanol–water partition coefficient (Wildman–Crippen LogP) is 2.25. The van der Waals surface area contributed by atoms with Crippen LogP contribution in [0.5, 0.6) is 5.88 Å². The summed E-state index contributed by atoms with van der Waals surface area (Å²) in [7, 11) is 1.54. The number of methoxy groups -OCH3 is 1. The monoisotopic (exact) mass is 220 g/mol. The van der Waals surface area contributed by atoms with E-state index in [0.717, 1.165) is 25.7 Å². The van der Waals surface area contributed by atoms with Crippen LogP contribution in [0, 0.1) is 5.92 Å². The van der Waals surface area contributed by atoms with Crippen molar-refractivity contribution in [3.05, 3.63) is 18.1 Å². The highest BCUT2D eigenvalue weighted by atomic mass is 16.5. The molecule has 0 N–H and O–H groups in total. The van der Waals surface area contributed by atoms with Crippen molar-refractivity contribution in [2.75, 3.05) is 7.11 Å². The molecule has 1 aliphatic carbocycles. The smallest absolute Gasteiger partial charge is 0.216 e. The topological polar surface area (TPSA) is 52.1 Å². The van der Waals surface area contributed by atoms with Crippen molar-refractivity contribution in [2.45, 2.75) is 32.1 Å². The van der Waals surface area contributed by atoms with Gasteiger partial charge in [-0.2, -0.15) is 0 Å². The van der Waals surface area contributed by atoms with E-state index in [4.69, 9.17) is 4.74 Å². The number of rotatable bonds is 3. The molecule has 1 heterocycles. The van der Waals surface area contributed by atoms with Gasteiger partial charge in [0.15, 0.2) is 5.78 Å². The maximum Gasteiger partial charge on any atom is 0.216 e. The standard InChI is InChI=1S/C12H16N2O2/c1-16-11-7-10(13-8-14-11)12(15)9-5-3-2-4-6-9/h7-9H,2-6H2,1H3. The van der Waals surface area contributed by atoms with Gasteiger partial charge in [0.05, 0.1) is 7.11 Å². The zero-order valence-electron chi connectivity index (χ0n) is 9.48. The zero-order chi connectivity index (χ0) is 11.4. The second kappa shape index (κ2) is 5.05. The fourth-order valence-electron chi connectivity index (χ4n) is 2.16. The van der Waals surface area contributed by atoms with Gasteiger partial charge in [-0.15, -0.1) is 0 Å². The quantitative estimate of drug-likeness (QED) is 0.733. The molecule has 0 saturated heterocycles. The van der Waals surface area contributed by atoms with Crippen LogP contribution in [-0.2, 0) is 0 Å². The molecule has 2 rings (SSSR count). The second-order valence-electron chi connectivity index (χ2n) is 4.14. The first-order chi connectivity index (χ1) is 7.81. The van der Waals surface area contributed by atoms with E-state index >= 15 is 0 Å². The van der Waals surface area contributed by atoms with Gasteiger partial charge < -0.3 is 4.74 Å². The molecule has 1 saturated carbocycles. The first kappa shape index (κ1) is 11.0. The third kappa shape index (κ3) is 2.38. The molecule has 0 bridgehead atoms. The first-order valence-corrected chi connectivity index (χ1v) is 5.71. The van der Waals surface area contributed by atoms with E-state index in [1.165, 1.54) is 19.9 Å².